The van der Waals surface area contributed by atoms with E-state index >= 15 is 0 Å². The standard InChI is InChI=1S/C27H28O15/c1-11(29)42-27(9-28)10-38-26(24(27)36)41-23-22(35)18(34)8-37-25(23)39-13-5-16(32)21-17(33)7-19(40-20(21)6-13)12-2-3-14(30)15(31)4-12/h2-7,18,22-26,28,30-32,34-36H,8-10H2,1H3/t18-,22+,23?,24?,25+,26+,27?/m1/s1. The smallest absolute Gasteiger partial charge is 0.303 e. The topological polar surface area (TPSA) is 235 Å². The Kier molecular flexibility index (Phi) is 8.00. The molecule has 0 radical (unpaired) electrons. The Morgan fingerprint density at radius 2 is 1.76 bits per heavy atom. The number of carbonyl (C=O) groups is 1. The van der Waals surface area contributed by atoms with Gasteiger partial charge in [0, 0.05) is 30.7 Å². The number of aromatic hydroxyl groups is 3. The maximum atomic E-state index is 12.8. The number of rotatable bonds is 7. The summed E-state index contributed by atoms with van der Waals surface area (Å²) in [4.78, 5) is 24.3. The zero-order valence-corrected chi connectivity index (χ0v) is 21.9. The molecule has 2 aromatic carbocycles. The maximum absolute atomic E-state index is 12.8. The van der Waals surface area contributed by atoms with Crippen molar-refractivity contribution in [3.8, 4) is 34.3 Å². The number of phenolic OH excluding ortho intramolecular Hbond substituents is 3. The van der Waals surface area contributed by atoms with Crippen molar-refractivity contribution in [2.24, 2.45) is 0 Å². The van der Waals surface area contributed by atoms with Gasteiger partial charge in [0.05, 0.1) is 19.8 Å². The number of fused-ring (bicyclic) bond motifs is 1. The van der Waals surface area contributed by atoms with Gasteiger partial charge in [0.15, 0.2) is 34.9 Å². The molecule has 0 bridgehead atoms. The molecular weight excluding hydrogens is 564 g/mol. The zero-order valence-electron chi connectivity index (χ0n) is 21.9. The number of carbonyl (C=O) groups excluding carboxylic acids is 1. The second-order valence-electron chi connectivity index (χ2n) is 9.91. The van der Waals surface area contributed by atoms with Crippen molar-refractivity contribution in [1.82, 2.24) is 0 Å². The fourth-order valence-corrected chi connectivity index (χ4v) is 4.74. The molecule has 0 amide bonds. The number of esters is 1. The summed E-state index contributed by atoms with van der Waals surface area (Å²) in [5.74, 6) is -2.26. The quantitative estimate of drug-likeness (QED) is 0.134. The zero-order chi connectivity index (χ0) is 30.3. The van der Waals surface area contributed by atoms with Crippen LogP contribution in [0.4, 0.5) is 0 Å². The minimum absolute atomic E-state index is 0.000497. The van der Waals surface area contributed by atoms with Gasteiger partial charge in [-0.25, -0.2) is 0 Å². The monoisotopic (exact) mass is 592 g/mol. The summed E-state index contributed by atoms with van der Waals surface area (Å²) in [6.07, 6.45) is -9.30. The molecule has 15 heteroatoms. The van der Waals surface area contributed by atoms with E-state index in [1.54, 1.807) is 0 Å². The normalized spacial score (nSPS) is 29.5. The fraction of sp³-hybridized carbons (Fsp3) is 0.407. The minimum Gasteiger partial charge on any atom is -0.507 e. The van der Waals surface area contributed by atoms with E-state index < -0.39 is 85.3 Å². The predicted octanol–water partition coefficient (Wildman–Crippen LogP) is -0.570. The van der Waals surface area contributed by atoms with Crippen molar-refractivity contribution in [3.63, 3.8) is 0 Å². The summed E-state index contributed by atoms with van der Waals surface area (Å²) >= 11 is 0. The van der Waals surface area contributed by atoms with E-state index in [9.17, 15) is 45.3 Å². The Labute approximate surface area is 236 Å². The van der Waals surface area contributed by atoms with Crippen LogP contribution in [-0.2, 0) is 23.7 Å². The lowest BCUT2D eigenvalue weighted by Crippen LogP contribution is -2.58. The molecule has 2 fully saturated rings. The molecule has 15 nitrogen and oxygen atoms in total. The average Bonchev–Trinajstić information content (AvgIpc) is 3.23. The van der Waals surface area contributed by atoms with Crippen molar-refractivity contribution in [2.45, 2.75) is 49.5 Å². The van der Waals surface area contributed by atoms with Crippen molar-refractivity contribution in [3.05, 3.63) is 46.6 Å². The molecule has 2 aliphatic heterocycles. The van der Waals surface area contributed by atoms with Crippen LogP contribution in [0.1, 0.15) is 6.92 Å². The lowest BCUT2D eigenvalue weighted by atomic mass is 10.00. The Hall–Kier alpha value is -3.96. The first kappa shape index (κ1) is 29.5. The van der Waals surface area contributed by atoms with Crippen LogP contribution >= 0.6 is 0 Å². The summed E-state index contributed by atoms with van der Waals surface area (Å²) in [6.45, 7) is -0.550. The number of aliphatic hydroxyl groups is 4. The van der Waals surface area contributed by atoms with E-state index in [4.69, 9.17) is 28.1 Å². The van der Waals surface area contributed by atoms with E-state index in [0.29, 0.717) is 0 Å². The number of hydrogen-bond donors (Lipinski definition) is 7. The highest BCUT2D eigenvalue weighted by molar-refractivity contribution is 5.86. The Bertz CT molecular complexity index is 1540. The number of phenols is 3. The number of ether oxygens (including phenoxy) is 5. The molecule has 5 rings (SSSR count). The third kappa shape index (κ3) is 5.46. The highest BCUT2D eigenvalue weighted by Crippen LogP contribution is 2.36. The first-order chi connectivity index (χ1) is 19.9. The van der Waals surface area contributed by atoms with Gasteiger partial charge in [-0.3, -0.25) is 9.59 Å². The molecule has 42 heavy (non-hydrogen) atoms. The van der Waals surface area contributed by atoms with E-state index in [1.807, 2.05) is 0 Å². The van der Waals surface area contributed by atoms with Crippen LogP contribution in [0.15, 0.2) is 45.6 Å². The molecule has 0 spiro atoms. The lowest BCUT2D eigenvalue weighted by Gasteiger charge is -2.39. The maximum Gasteiger partial charge on any atom is 0.303 e. The van der Waals surface area contributed by atoms with Gasteiger partial charge in [-0.05, 0) is 18.2 Å². The molecule has 3 aromatic rings. The van der Waals surface area contributed by atoms with Crippen LogP contribution in [0, 0.1) is 0 Å². The summed E-state index contributed by atoms with van der Waals surface area (Å²) < 4.78 is 33.2. The summed E-state index contributed by atoms with van der Waals surface area (Å²) in [5, 5.41) is 71.2. The van der Waals surface area contributed by atoms with E-state index in [2.05, 4.69) is 0 Å². The van der Waals surface area contributed by atoms with Crippen LogP contribution in [0.3, 0.4) is 0 Å². The third-order valence-electron chi connectivity index (χ3n) is 6.92. The van der Waals surface area contributed by atoms with Gasteiger partial charge >= 0.3 is 5.97 Å². The number of benzene rings is 2. The van der Waals surface area contributed by atoms with Gasteiger partial charge in [-0.15, -0.1) is 0 Å². The van der Waals surface area contributed by atoms with Gasteiger partial charge in [-0.1, -0.05) is 0 Å². The Morgan fingerprint density at radius 1 is 1.00 bits per heavy atom. The second-order valence-corrected chi connectivity index (χ2v) is 9.91. The summed E-state index contributed by atoms with van der Waals surface area (Å²) in [5.41, 5.74) is -2.33. The fourth-order valence-electron chi connectivity index (χ4n) is 4.74. The van der Waals surface area contributed by atoms with Crippen molar-refractivity contribution < 1.29 is 68.6 Å². The van der Waals surface area contributed by atoms with Crippen LogP contribution in [0.2, 0.25) is 0 Å². The molecule has 2 saturated heterocycles. The van der Waals surface area contributed by atoms with Crippen molar-refractivity contribution in [2.75, 3.05) is 19.8 Å². The van der Waals surface area contributed by atoms with Gasteiger partial charge in [0.1, 0.15) is 46.5 Å². The lowest BCUT2D eigenvalue weighted by molar-refractivity contribution is -0.298. The molecule has 0 aliphatic carbocycles. The van der Waals surface area contributed by atoms with Crippen LogP contribution in [0.5, 0.6) is 23.0 Å². The first-order valence-electron chi connectivity index (χ1n) is 12.7. The molecule has 226 valence electrons. The molecule has 2 aliphatic rings. The van der Waals surface area contributed by atoms with Crippen molar-refractivity contribution >= 4 is 16.9 Å². The first-order valence-corrected chi connectivity index (χ1v) is 12.7. The van der Waals surface area contributed by atoms with Crippen molar-refractivity contribution in [1.29, 1.82) is 0 Å². The van der Waals surface area contributed by atoms with Crippen LogP contribution in [0.25, 0.3) is 22.3 Å². The van der Waals surface area contributed by atoms with Crippen LogP contribution < -0.4 is 10.2 Å². The summed E-state index contributed by atoms with van der Waals surface area (Å²) in [7, 11) is 0. The SMILES string of the molecule is CC(=O)OC1(CO)CO[C@@H](OC2[C@H](Oc3cc(O)c4c(=O)cc(-c5ccc(O)c(O)c5)oc4c3)OC[C@@H](O)[C@@H]2O)C1O. The van der Waals surface area contributed by atoms with Gasteiger partial charge < -0.3 is 63.8 Å². The Morgan fingerprint density at radius 3 is 2.45 bits per heavy atom. The van der Waals surface area contributed by atoms with E-state index in [-0.39, 0.29) is 33.8 Å². The van der Waals surface area contributed by atoms with Gasteiger partial charge in [-0.2, -0.15) is 0 Å². The number of hydrogen-bond acceptors (Lipinski definition) is 15. The summed E-state index contributed by atoms with van der Waals surface area (Å²) in [6, 6.07) is 7.20. The average molecular weight is 593 g/mol. The molecule has 0 saturated carbocycles. The molecule has 1 aromatic heterocycles. The number of aliphatic hydroxyl groups excluding tert-OH is 4. The molecular formula is C27H28O15. The highest BCUT2D eigenvalue weighted by atomic mass is 16.8. The van der Waals surface area contributed by atoms with Gasteiger partial charge in [0.25, 0.3) is 0 Å². The molecule has 3 unspecified atom stereocenters. The highest BCUT2D eigenvalue weighted by Gasteiger charge is 2.55. The largest absolute Gasteiger partial charge is 0.507 e. The molecule has 3 heterocycles. The van der Waals surface area contributed by atoms with E-state index in [0.717, 1.165) is 19.1 Å². The molecule has 7 atom stereocenters. The Balaban J connectivity index is 1.43. The third-order valence-corrected chi connectivity index (χ3v) is 6.92. The minimum atomic E-state index is -1.83. The van der Waals surface area contributed by atoms with Gasteiger partial charge in [0.2, 0.25) is 6.29 Å². The second kappa shape index (κ2) is 11.4. The van der Waals surface area contributed by atoms with E-state index in [1.165, 1.54) is 24.3 Å². The predicted molar refractivity (Wildman–Crippen MR) is 137 cm³/mol. The molecule has 7 N–H and O–H groups in total. The van der Waals surface area contributed by atoms with Crippen LogP contribution in [-0.4, -0.2) is 104 Å².